The van der Waals surface area contributed by atoms with Crippen molar-refractivity contribution in [3.63, 3.8) is 0 Å². The summed E-state index contributed by atoms with van der Waals surface area (Å²) in [5.74, 6) is 0.774. The van der Waals surface area contributed by atoms with Crippen molar-refractivity contribution in [3.05, 3.63) is 46.5 Å². The number of hydrogen-bond acceptors (Lipinski definition) is 6. The highest BCUT2D eigenvalue weighted by molar-refractivity contribution is 9.10. The predicted octanol–water partition coefficient (Wildman–Crippen LogP) is 1.83. The molecule has 112 valence electrons. The van der Waals surface area contributed by atoms with Gasteiger partial charge < -0.3 is 4.90 Å². The normalized spacial score (nSPS) is 15.5. The second kappa shape index (κ2) is 6.81. The Labute approximate surface area is 137 Å². The first kappa shape index (κ1) is 14.9. The van der Waals surface area contributed by atoms with E-state index in [1.807, 2.05) is 12.3 Å². The summed E-state index contributed by atoms with van der Waals surface area (Å²) in [5.41, 5.74) is 1.69. The van der Waals surface area contributed by atoms with Gasteiger partial charge in [-0.2, -0.15) is 5.26 Å². The molecule has 0 spiro atoms. The van der Waals surface area contributed by atoms with Crippen LogP contribution in [-0.4, -0.2) is 46.0 Å². The lowest BCUT2D eigenvalue weighted by Gasteiger charge is -2.34. The molecular formula is C15H15BrN6. The molecule has 0 radical (unpaired) electrons. The summed E-state index contributed by atoms with van der Waals surface area (Å²) in [6.07, 6.45) is 6.96. The van der Waals surface area contributed by atoms with E-state index in [1.165, 1.54) is 0 Å². The van der Waals surface area contributed by atoms with Crippen molar-refractivity contribution in [1.82, 2.24) is 19.9 Å². The number of pyridine rings is 1. The Morgan fingerprint density at radius 2 is 1.82 bits per heavy atom. The lowest BCUT2D eigenvalue weighted by atomic mass is 10.2. The monoisotopic (exact) mass is 358 g/mol. The van der Waals surface area contributed by atoms with E-state index >= 15 is 0 Å². The molecular weight excluding hydrogens is 344 g/mol. The lowest BCUT2D eigenvalue weighted by molar-refractivity contribution is 0.248. The maximum absolute atomic E-state index is 8.92. The van der Waals surface area contributed by atoms with Crippen molar-refractivity contribution in [2.24, 2.45) is 0 Å². The van der Waals surface area contributed by atoms with E-state index in [-0.39, 0.29) is 0 Å². The Morgan fingerprint density at radius 1 is 1.09 bits per heavy atom. The number of nitrogens with zero attached hydrogens (tertiary/aromatic N) is 6. The van der Waals surface area contributed by atoms with Crippen LogP contribution < -0.4 is 4.90 Å². The fourth-order valence-corrected chi connectivity index (χ4v) is 2.67. The van der Waals surface area contributed by atoms with Gasteiger partial charge in [0.15, 0.2) is 0 Å². The zero-order valence-electron chi connectivity index (χ0n) is 12.0. The first-order valence-corrected chi connectivity index (χ1v) is 7.83. The van der Waals surface area contributed by atoms with E-state index in [4.69, 9.17) is 5.26 Å². The van der Waals surface area contributed by atoms with Crippen LogP contribution in [-0.2, 0) is 6.54 Å². The van der Waals surface area contributed by atoms with Crippen molar-refractivity contribution in [3.8, 4) is 6.07 Å². The van der Waals surface area contributed by atoms with Gasteiger partial charge in [0, 0.05) is 57.5 Å². The Bertz CT molecular complexity index is 673. The molecule has 1 aliphatic heterocycles. The Hall–Kier alpha value is -2.04. The topological polar surface area (TPSA) is 68.9 Å². The third kappa shape index (κ3) is 3.59. The van der Waals surface area contributed by atoms with Crippen LogP contribution in [0.5, 0.6) is 0 Å². The number of aromatic nitrogens is 3. The van der Waals surface area contributed by atoms with Crippen LogP contribution in [0.25, 0.3) is 0 Å². The van der Waals surface area contributed by atoms with Crippen molar-refractivity contribution in [1.29, 1.82) is 5.26 Å². The van der Waals surface area contributed by atoms with Gasteiger partial charge >= 0.3 is 0 Å². The van der Waals surface area contributed by atoms with Crippen molar-refractivity contribution >= 4 is 21.9 Å². The second-order valence-electron chi connectivity index (χ2n) is 5.16. The zero-order chi connectivity index (χ0) is 15.4. The van der Waals surface area contributed by atoms with E-state index in [1.54, 1.807) is 18.6 Å². The molecule has 0 bridgehead atoms. The molecule has 0 N–H and O–H groups in total. The van der Waals surface area contributed by atoms with Crippen molar-refractivity contribution in [2.75, 3.05) is 31.1 Å². The van der Waals surface area contributed by atoms with Gasteiger partial charge in [-0.3, -0.25) is 9.88 Å². The average molecular weight is 359 g/mol. The molecule has 1 aliphatic rings. The van der Waals surface area contributed by atoms with Gasteiger partial charge in [0.2, 0.25) is 5.95 Å². The third-order valence-electron chi connectivity index (χ3n) is 3.59. The number of hydrogen-bond donors (Lipinski definition) is 0. The molecule has 3 heterocycles. The summed E-state index contributed by atoms with van der Waals surface area (Å²) in [6.45, 7) is 4.49. The van der Waals surface area contributed by atoms with Gasteiger partial charge in [0.1, 0.15) is 6.07 Å². The highest BCUT2D eigenvalue weighted by Crippen LogP contribution is 2.14. The van der Waals surface area contributed by atoms with Gasteiger partial charge in [0.05, 0.1) is 10.0 Å². The van der Waals surface area contributed by atoms with Gasteiger partial charge in [0.25, 0.3) is 0 Å². The van der Waals surface area contributed by atoms with Crippen LogP contribution in [0, 0.1) is 11.3 Å². The van der Waals surface area contributed by atoms with Gasteiger partial charge in [-0.05, 0) is 27.6 Å². The molecule has 0 saturated carbocycles. The van der Waals surface area contributed by atoms with Gasteiger partial charge in [-0.15, -0.1) is 0 Å². The molecule has 22 heavy (non-hydrogen) atoms. The third-order valence-corrected chi connectivity index (χ3v) is 4.00. The fourth-order valence-electron chi connectivity index (χ4n) is 2.47. The lowest BCUT2D eigenvalue weighted by Crippen LogP contribution is -2.46. The number of halogens is 1. The molecule has 1 fully saturated rings. The number of nitriles is 1. The Kier molecular flexibility index (Phi) is 4.61. The van der Waals surface area contributed by atoms with E-state index in [2.05, 4.69) is 46.8 Å². The maximum atomic E-state index is 8.92. The minimum atomic E-state index is 0.611. The molecule has 0 aromatic carbocycles. The van der Waals surface area contributed by atoms with Crippen LogP contribution >= 0.6 is 15.9 Å². The summed E-state index contributed by atoms with van der Waals surface area (Å²) >= 11 is 3.35. The highest BCUT2D eigenvalue weighted by atomic mass is 79.9. The van der Waals surface area contributed by atoms with Crippen LogP contribution in [0.15, 0.2) is 35.3 Å². The zero-order valence-corrected chi connectivity index (χ0v) is 13.6. The van der Waals surface area contributed by atoms with Crippen LogP contribution in [0.2, 0.25) is 0 Å². The van der Waals surface area contributed by atoms with Crippen LogP contribution in [0.1, 0.15) is 11.1 Å². The average Bonchev–Trinajstić information content (AvgIpc) is 2.57. The first-order chi connectivity index (χ1) is 10.7. The number of rotatable bonds is 3. The quantitative estimate of drug-likeness (QED) is 0.833. The summed E-state index contributed by atoms with van der Waals surface area (Å²) in [6, 6.07) is 4.03. The number of piperazine rings is 1. The molecule has 1 saturated heterocycles. The molecule has 2 aromatic rings. The predicted molar refractivity (Wildman–Crippen MR) is 86.2 cm³/mol. The molecule has 6 nitrogen and oxygen atoms in total. The van der Waals surface area contributed by atoms with Crippen LogP contribution in [0.3, 0.4) is 0 Å². The SMILES string of the molecule is N#Cc1cncc(CN2CCN(c3ncc(Br)cn3)CC2)c1. The minimum Gasteiger partial charge on any atom is -0.338 e. The Balaban J connectivity index is 1.57. The molecule has 0 unspecified atom stereocenters. The van der Waals surface area contributed by atoms with Gasteiger partial charge in [-0.1, -0.05) is 0 Å². The molecule has 3 rings (SSSR count). The van der Waals surface area contributed by atoms with E-state index < -0.39 is 0 Å². The molecule has 7 heteroatoms. The summed E-state index contributed by atoms with van der Waals surface area (Å²) in [7, 11) is 0. The Morgan fingerprint density at radius 3 is 2.50 bits per heavy atom. The van der Waals surface area contributed by atoms with E-state index in [9.17, 15) is 0 Å². The van der Waals surface area contributed by atoms with Gasteiger partial charge in [-0.25, -0.2) is 9.97 Å². The van der Waals surface area contributed by atoms with Crippen molar-refractivity contribution in [2.45, 2.75) is 6.54 Å². The largest absolute Gasteiger partial charge is 0.338 e. The first-order valence-electron chi connectivity index (χ1n) is 7.03. The van der Waals surface area contributed by atoms with Crippen LogP contribution in [0.4, 0.5) is 5.95 Å². The summed E-state index contributed by atoms with van der Waals surface area (Å²) in [4.78, 5) is 17.3. The smallest absolute Gasteiger partial charge is 0.225 e. The van der Waals surface area contributed by atoms with E-state index in [0.29, 0.717) is 5.56 Å². The second-order valence-corrected chi connectivity index (χ2v) is 6.07. The molecule has 0 aliphatic carbocycles. The standard InChI is InChI=1S/C15H15BrN6/c16-14-9-19-15(20-10-14)22-3-1-21(2-4-22)11-13-5-12(6-17)7-18-8-13/h5,7-10H,1-4,11H2. The minimum absolute atomic E-state index is 0.611. The molecule has 0 atom stereocenters. The number of anilines is 1. The summed E-state index contributed by atoms with van der Waals surface area (Å²) in [5, 5.41) is 8.92. The molecule has 2 aromatic heterocycles. The van der Waals surface area contributed by atoms with Crippen molar-refractivity contribution < 1.29 is 0 Å². The van der Waals surface area contributed by atoms with E-state index in [0.717, 1.165) is 48.7 Å². The molecule has 0 amide bonds. The fraction of sp³-hybridized carbons (Fsp3) is 0.333. The summed E-state index contributed by atoms with van der Waals surface area (Å²) < 4.78 is 0.889. The maximum Gasteiger partial charge on any atom is 0.225 e. The highest BCUT2D eigenvalue weighted by Gasteiger charge is 2.19.